The Morgan fingerprint density at radius 1 is 1.25 bits per heavy atom. The van der Waals surface area contributed by atoms with Gasteiger partial charge in [0.15, 0.2) is 23.2 Å². The molecule has 1 heterocycles. The van der Waals surface area contributed by atoms with E-state index in [1.807, 2.05) is 0 Å². The molecule has 0 fully saturated rings. The lowest BCUT2D eigenvalue weighted by molar-refractivity contribution is -0.143. The summed E-state index contributed by atoms with van der Waals surface area (Å²) in [5, 5.41) is 3.53. The van der Waals surface area contributed by atoms with Gasteiger partial charge in [0.2, 0.25) is 0 Å². The molecule has 5 nitrogen and oxygen atoms in total. The van der Waals surface area contributed by atoms with Crippen LogP contribution in [0.4, 0.5) is 26.3 Å². The summed E-state index contributed by atoms with van der Waals surface area (Å²) >= 11 is 4.86. The summed E-state index contributed by atoms with van der Waals surface area (Å²) in [6, 6.07) is 0.0460. The number of aryl methyl sites for hydroxylation is 1. The van der Waals surface area contributed by atoms with E-state index in [1.54, 1.807) is 0 Å². The summed E-state index contributed by atoms with van der Waals surface area (Å²) in [6.45, 7) is 0. The molecule has 130 valence electrons. The van der Waals surface area contributed by atoms with E-state index in [0.29, 0.717) is 0 Å². The minimum absolute atomic E-state index is 0.0460. The van der Waals surface area contributed by atoms with Gasteiger partial charge in [-0.1, -0.05) is 0 Å². The van der Waals surface area contributed by atoms with Crippen LogP contribution in [-0.2, 0) is 17.5 Å². The second-order valence-corrected chi connectivity index (χ2v) is 4.50. The molecule has 0 saturated carbocycles. The Hall–Kier alpha value is -2.43. The Bertz CT molecular complexity index is 805. The first-order valence-electron chi connectivity index (χ1n) is 5.85. The fourth-order valence-corrected chi connectivity index (χ4v) is 1.82. The largest absolute Gasteiger partial charge is 0.434 e. The van der Waals surface area contributed by atoms with Gasteiger partial charge in [0.25, 0.3) is 5.88 Å². The zero-order chi connectivity index (χ0) is 18.2. The van der Waals surface area contributed by atoms with Gasteiger partial charge in [-0.2, -0.15) is 13.2 Å². The molecule has 0 atom stereocenters. The van der Waals surface area contributed by atoms with Crippen molar-refractivity contribution in [1.29, 1.82) is 0 Å². The number of hydrogen-bond donors (Lipinski definition) is 0. The first-order chi connectivity index (χ1) is 11.1. The smallest absolute Gasteiger partial charge is 0.422 e. The molecule has 0 N–H and O–H groups in total. The van der Waals surface area contributed by atoms with Crippen molar-refractivity contribution in [2.75, 3.05) is 0 Å². The highest BCUT2D eigenvalue weighted by Gasteiger charge is 2.41. The first-order valence-corrected chi connectivity index (χ1v) is 6.16. The molecular formula is C12H5ClF6N2O3. The number of carbonyl (C=O) groups excluding carboxylic acids is 1. The number of nitrogens with zero attached hydrogens (tertiary/aromatic N) is 2. The summed E-state index contributed by atoms with van der Waals surface area (Å²) < 4.78 is 88.0. The summed E-state index contributed by atoms with van der Waals surface area (Å²) in [4.78, 5) is 11.4. The fraction of sp³-hybridized carbons (Fsp3) is 0.167. The van der Waals surface area contributed by atoms with E-state index in [0.717, 1.165) is 10.9 Å². The monoisotopic (exact) mass is 374 g/mol. The lowest BCUT2D eigenvalue weighted by atomic mass is 10.1. The number of benzene rings is 1. The molecule has 0 amide bonds. The number of carbonyl (C=O) groups is 1. The van der Waals surface area contributed by atoms with Crippen LogP contribution in [-0.4, -0.2) is 15.7 Å². The Morgan fingerprint density at radius 2 is 1.88 bits per heavy atom. The van der Waals surface area contributed by atoms with Crippen molar-refractivity contribution in [3.05, 3.63) is 40.8 Å². The van der Waals surface area contributed by atoms with E-state index in [-0.39, 0.29) is 6.07 Å². The van der Waals surface area contributed by atoms with Gasteiger partial charge in [-0.05, 0) is 0 Å². The molecule has 0 unspecified atom stereocenters. The van der Waals surface area contributed by atoms with E-state index in [1.165, 1.54) is 7.05 Å². The Morgan fingerprint density at radius 3 is 2.42 bits per heavy atom. The summed E-state index contributed by atoms with van der Waals surface area (Å²) in [5.41, 5.74) is -2.96. The van der Waals surface area contributed by atoms with Crippen LogP contribution >= 0.6 is 11.9 Å². The van der Waals surface area contributed by atoms with Gasteiger partial charge >= 0.3 is 12.1 Å². The molecule has 12 heteroatoms. The third-order valence-corrected chi connectivity index (χ3v) is 2.84. The second-order valence-electron chi connectivity index (χ2n) is 4.35. The molecule has 0 bridgehead atoms. The standard InChI is InChI=1S/C12H5ClF6N2O3/c1-21-3-4(11(22)24-13)10(20-21)23-6-2-5(14)8(15)7(9(6)16)12(17,18)19/h2-3H,1H3. The van der Waals surface area contributed by atoms with Gasteiger partial charge in [-0.25, -0.2) is 18.0 Å². The number of ether oxygens (including phenoxy) is 1. The molecular weight excluding hydrogens is 370 g/mol. The summed E-state index contributed by atoms with van der Waals surface area (Å²) in [5.74, 6) is -9.90. The zero-order valence-electron chi connectivity index (χ0n) is 11.4. The molecule has 0 spiro atoms. The van der Waals surface area contributed by atoms with Crippen molar-refractivity contribution in [3.8, 4) is 11.6 Å². The van der Waals surface area contributed by atoms with Crippen LogP contribution in [0.25, 0.3) is 0 Å². The first kappa shape index (κ1) is 17.9. The lowest BCUT2D eigenvalue weighted by Crippen LogP contribution is -2.14. The van der Waals surface area contributed by atoms with Crippen molar-refractivity contribution in [1.82, 2.24) is 9.78 Å². The molecule has 24 heavy (non-hydrogen) atoms. The Balaban J connectivity index is 2.56. The van der Waals surface area contributed by atoms with Gasteiger partial charge in [-0.3, -0.25) is 4.68 Å². The van der Waals surface area contributed by atoms with Crippen molar-refractivity contribution in [2.24, 2.45) is 7.05 Å². The molecule has 0 radical (unpaired) electrons. The molecule has 0 aliphatic heterocycles. The Kier molecular flexibility index (Phi) is 4.65. The quantitative estimate of drug-likeness (QED) is 0.603. The normalized spacial score (nSPS) is 11.5. The highest BCUT2D eigenvalue weighted by Crippen LogP contribution is 2.39. The van der Waals surface area contributed by atoms with E-state index in [2.05, 4.69) is 14.1 Å². The Labute approximate surface area is 134 Å². The highest BCUT2D eigenvalue weighted by molar-refractivity contribution is 6.16. The van der Waals surface area contributed by atoms with Crippen LogP contribution < -0.4 is 4.74 Å². The average Bonchev–Trinajstić information content (AvgIpc) is 2.83. The molecule has 2 aromatic rings. The summed E-state index contributed by atoms with van der Waals surface area (Å²) in [6.07, 6.45) is -4.51. The third-order valence-electron chi connectivity index (χ3n) is 2.70. The van der Waals surface area contributed by atoms with E-state index in [4.69, 9.17) is 11.9 Å². The molecule has 0 saturated heterocycles. The van der Waals surface area contributed by atoms with Crippen molar-refractivity contribution >= 4 is 17.8 Å². The lowest BCUT2D eigenvalue weighted by Gasteiger charge is -2.13. The highest BCUT2D eigenvalue weighted by atomic mass is 35.5. The van der Waals surface area contributed by atoms with Gasteiger partial charge in [0.05, 0.1) is 0 Å². The van der Waals surface area contributed by atoms with Crippen LogP contribution in [0.5, 0.6) is 11.6 Å². The van der Waals surface area contributed by atoms with Gasteiger partial charge in [-0.15, -0.1) is 5.10 Å². The van der Waals surface area contributed by atoms with Gasteiger partial charge in [0.1, 0.15) is 23.0 Å². The maximum absolute atomic E-state index is 13.9. The topological polar surface area (TPSA) is 53.4 Å². The maximum atomic E-state index is 13.9. The SMILES string of the molecule is Cn1cc(C(=O)OCl)c(Oc2cc(F)c(F)c(C(F)(F)F)c2F)n1. The van der Waals surface area contributed by atoms with Crippen LogP contribution in [0.2, 0.25) is 0 Å². The molecule has 2 rings (SSSR count). The molecule has 1 aromatic carbocycles. The third kappa shape index (κ3) is 3.25. The van der Waals surface area contributed by atoms with E-state index >= 15 is 0 Å². The van der Waals surface area contributed by atoms with E-state index < -0.39 is 52.4 Å². The van der Waals surface area contributed by atoms with Gasteiger partial charge < -0.3 is 9.03 Å². The maximum Gasteiger partial charge on any atom is 0.422 e. The summed E-state index contributed by atoms with van der Waals surface area (Å²) in [7, 11) is 1.29. The minimum atomic E-state index is -5.52. The predicted molar refractivity (Wildman–Crippen MR) is 65.9 cm³/mol. The molecule has 0 aliphatic carbocycles. The second kappa shape index (κ2) is 6.23. The van der Waals surface area contributed by atoms with Crippen LogP contribution in [0, 0.1) is 17.5 Å². The van der Waals surface area contributed by atoms with E-state index in [9.17, 15) is 31.1 Å². The number of hydrogen-bond acceptors (Lipinski definition) is 4. The molecule has 1 aromatic heterocycles. The van der Waals surface area contributed by atoms with Crippen molar-refractivity contribution in [2.45, 2.75) is 6.18 Å². The number of alkyl halides is 3. The van der Waals surface area contributed by atoms with Crippen molar-refractivity contribution in [3.63, 3.8) is 0 Å². The number of aromatic nitrogens is 2. The fourth-order valence-electron chi connectivity index (χ4n) is 1.73. The average molecular weight is 375 g/mol. The zero-order valence-corrected chi connectivity index (χ0v) is 12.2. The van der Waals surface area contributed by atoms with Crippen LogP contribution in [0.15, 0.2) is 12.3 Å². The number of rotatable bonds is 3. The minimum Gasteiger partial charge on any atom is -0.434 e. The predicted octanol–water partition coefficient (Wildman–Crippen LogP) is 3.96. The van der Waals surface area contributed by atoms with Gasteiger partial charge in [0, 0.05) is 19.3 Å². The number of halogens is 7. The molecule has 0 aliphatic rings. The van der Waals surface area contributed by atoms with Crippen LogP contribution in [0.1, 0.15) is 15.9 Å². The van der Waals surface area contributed by atoms with Crippen molar-refractivity contribution < 1.29 is 40.2 Å². The van der Waals surface area contributed by atoms with Crippen LogP contribution in [0.3, 0.4) is 0 Å².